The highest BCUT2D eigenvalue weighted by Gasteiger charge is 2.35. The molecule has 0 spiro atoms. The van der Waals surface area contributed by atoms with Gasteiger partial charge in [-0.25, -0.2) is 4.98 Å². The zero-order valence-electron chi connectivity index (χ0n) is 19.2. The number of aryl methyl sites for hydroxylation is 1. The lowest BCUT2D eigenvalue weighted by molar-refractivity contribution is -0.154. The van der Waals surface area contributed by atoms with Crippen LogP contribution in [0.4, 0.5) is 0 Å². The second-order valence-corrected chi connectivity index (χ2v) is 10.8. The van der Waals surface area contributed by atoms with Gasteiger partial charge in [0, 0.05) is 11.8 Å². The molecule has 0 saturated heterocycles. The van der Waals surface area contributed by atoms with Gasteiger partial charge in [0.25, 0.3) is 0 Å². The fraction of sp³-hybridized carbons (Fsp3) is 0.818. The highest BCUT2D eigenvalue weighted by Crippen LogP contribution is 2.46. The molecule has 0 aromatic carbocycles. The van der Waals surface area contributed by atoms with Crippen LogP contribution in [0.15, 0.2) is 5.38 Å². The number of unbranched alkanes of at least 4 members (excludes halogenated alkanes) is 5. The van der Waals surface area contributed by atoms with Crippen molar-refractivity contribution in [2.75, 3.05) is 13.2 Å². The van der Waals surface area contributed by atoms with Crippen LogP contribution < -0.4 is 0 Å². The Morgan fingerprint density at radius 2 is 1.69 bits per heavy atom. The van der Waals surface area contributed by atoms with E-state index in [4.69, 9.17) is 18.8 Å². The Bertz CT molecular complexity index is 567. The predicted molar refractivity (Wildman–Crippen MR) is 123 cm³/mol. The highest BCUT2D eigenvalue weighted by molar-refractivity contribution is 7.49. The van der Waals surface area contributed by atoms with Crippen molar-refractivity contribution in [1.82, 2.24) is 4.98 Å². The summed E-state index contributed by atoms with van der Waals surface area (Å²) in [5.74, 6) is -0.266. The maximum Gasteiger partial charge on any atom is 0.318 e. The van der Waals surface area contributed by atoms with Gasteiger partial charge in [-0.05, 0) is 47.5 Å². The van der Waals surface area contributed by atoms with Gasteiger partial charge in [0.2, 0.25) is 0 Å². The van der Waals surface area contributed by atoms with Crippen LogP contribution in [0.5, 0.6) is 0 Å². The van der Waals surface area contributed by atoms with Gasteiger partial charge in [-0.2, -0.15) is 0 Å². The number of hydrogen-bond donors (Lipinski definition) is 0. The van der Waals surface area contributed by atoms with E-state index in [1.807, 2.05) is 34.6 Å². The lowest BCUT2D eigenvalue weighted by Gasteiger charge is -2.27. The highest BCUT2D eigenvalue weighted by atomic mass is 32.1. The van der Waals surface area contributed by atoms with Crippen molar-refractivity contribution >= 4 is 25.7 Å². The third-order valence-corrected chi connectivity index (χ3v) is 7.05. The van der Waals surface area contributed by atoms with E-state index in [0.29, 0.717) is 19.6 Å². The molecule has 0 fully saturated rings. The summed E-state index contributed by atoms with van der Waals surface area (Å²) in [5.41, 5.74) is 0.123. The lowest BCUT2D eigenvalue weighted by atomic mass is 10.1. The van der Waals surface area contributed by atoms with Crippen LogP contribution in [-0.2, 0) is 31.4 Å². The predicted octanol–water partition coefficient (Wildman–Crippen LogP) is 6.68. The fourth-order valence-corrected chi connectivity index (χ4v) is 5.38. The number of esters is 1. The Kier molecular flexibility index (Phi) is 13.2. The number of carbonyl (C=O) groups is 1. The van der Waals surface area contributed by atoms with Crippen molar-refractivity contribution in [2.45, 2.75) is 104 Å². The number of nitrogens with zero attached hydrogens (tertiary/aromatic N) is 1. The second kappa shape index (κ2) is 14.5. The van der Waals surface area contributed by atoms with Crippen molar-refractivity contribution in [3.05, 3.63) is 16.1 Å². The van der Waals surface area contributed by atoms with Gasteiger partial charge in [-0.1, -0.05) is 39.0 Å². The molecule has 0 radical (unpaired) electrons. The molecule has 1 aromatic heterocycles. The monoisotopic (exact) mass is 445 g/mol. The van der Waals surface area contributed by atoms with Crippen molar-refractivity contribution in [3.63, 3.8) is 0 Å². The first-order valence-corrected chi connectivity index (χ1v) is 13.1. The molecule has 1 heterocycles. The molecule has 5 nitrogen and oxygen atoms in total. The summed E-state index contributed by atoms with van der Waals surface area (Å²) in [4.78, 5) is 17.6. The van der Waals surface area contributed by atoms with Gasteiger partial charge in [0.15, 0.2) is 8.38 Å². The maximum absolute atomic E-state index is 12.9. The number of ether oxygens (including phenoxy) is 1. The van der Waals surface area contributed by atoms with E-state index in [-0.39, 0.29) is 5.97 Å². The van der Waals surface area contributed by atoms with Gasteiger partial charge in [0.05, 0.1) is 23.9 Å². The van der Waals surface area contributed by atoms with Crippen LogP contribution in [0.25, 0.3) is 0 Å². The minimum Gasteiger partial charge on any atom is -0.459 e. The first kappa shape index (κ1) is 26.5. The number of rotatable bonds is 15. The van der Waals surface area contributed by atoms with Gasteiger partial charge < -0.3 is 13.8 Å². The quantitative estimate of drug-likeness (QED) is 0.171. The van der Waals surface area contributed by atoms with E-state index < -0.39 is 19.6 Å². The standard InChI is InChI=1S/C22H40NO4PS/c1-7-10-11-12-13-14-15-18-17-29-20(23-18)16-19(21(24)27-22(4,5)6)28(25-8-2)26-9-3/h17,19H,7-16H2,1-6H3. The van der Waals surface area contributed by atoms with E-state index in [0.717, 1.165) is 17.1 Å². The van der Waals surface area contributed by atoms with E-state index >= 15 is 0 Å². The minimum atomic E-state index is -1.36. The summed E-state index contributed by atoms with van der Waals surface area (Å²) < 4.78 is 17.2. The molecular weight excluding hydrogens is 405 g/mol. The number of aromatic nitrogens is 1. The summed E-state index contributed by atoms with van der Waals surface area (Å²) in [6.45, 7) is 12.7. The van der Waals surface area contributed by atoms with Crippen LogP contribution in [0.2, 0.25) is 0 Å². The molecule has 29 heavy (non-hydrogen) atoms. The SMILES string of the molecule is CCCCCCCCc1csc(CC(C(=O)OC(C)(C)C)P(OCC)OCC)n1. The van der Waals surface area contributed by atoms with Crippen molar-refractivity contribution in [1.29, 1.82) is 0 Å². The largest absolute Gasteiger partial charge is 0.459 e. The van der Waals surface area contributed by atoms with Crippen LogP contribution in [0.1, 0.15) is 90.8 Å². The van der Waals surface area contributed by atoms with Gasteiger partial charge in [-0.3, -0.25) is 4.79 Å². The molecule has 0 saturated carbocycles. The number of hydrogen-bond acceptors (Lipinski definition) is 6. The van der Waals surface area contributed by atoms with Crippen LogP contribution in [0.3, 0.4) is 0 Å². The summed E-state index contributed by atoms with van der Waals surface area (Å²) >= 11 is 1.62. The van der Waals surface area contributed by atoms with Gasteiger partial charge in [0.1, 0.15) is 11.3 Å². The molecule has 168 valence electrons. The molecule has 1 aromatic rings. The third kappa shape index (κ3) is 11.4. The fourth-order valence-electron chi connectivity index (χ4n) is 2.89. The Labute approximate surface area is 182 Å². The summed E-state index contributed by atoms with van der Waals surface area (Å²) in [5, 5.41) is 3.07. The van der Waals surface area contributed by atoms with E-state index in [9.17, 15) is 4.79 Å². The zero-order chi connectivity index (χ0) is 21.7. The topological polar surface area (TPSA) is 57.7 Å². The molecule has 0 aliphatic carbocycles. The zero-order valence-corrected chi connectivity index (χ0v) is 20.9. The Balaban J connectivity index is 2.72. The summed E-state index contributed by atoms with van der Waals surface area (Å²) in [7, 11) is -1.36. The van der Waals surface area contributed by atoms with Crippen LogP contribution in [-0.4, -0.2) is 35.4 Å². The van der Waals surface area contributed by atoms with Gasteiger partial charge in [-0.15, -0.1) is 11.3 Å². The van der Waals surface area contributed by atoms with Crippen molar-refractivity contribution in [3.8, 4) is 0 Å². The molecule has 0 aliphatic heterocycles. The third-order valence-electron chi connectivity index (χ3n) is 4.20. The molecular formula is C22H40NO4PS. The van der Waals surface area contributed by atoms with E-state index in [2.05, 4.69) is 12.3 Å². The van der Waals surface area contributed by atoms with E-state index in [1.54, 1.807) is 11.3 Å². The average Bonchev–Trinajstić information content (AvgIpc) is 3.08. The maximum atomic E-state index is 12.9. The van der Waals surface area contributed by atoms with Crippen molar-refractivity contribution < 1.29 is 18.6 Å². The Morgan fingerprint density at radius 3 is 2.28 bits per heavy atom. The first-order chi connectivity index (χ1) is 13.8. The Hall–Kier alpha value is -0.550. The molecule has 1 unspecified atom stereocenters. The summed E-state index contributed by atoms with van der Waals surface area (Å²) in [6.07, 6.45) is 9.18. The van der Waals surface area contributed by atoms with Crippen molar-refractivity contribution in [2.24, 2.45) is 0 Å². The number of thiazole rings is 1. The normalized spacial score (nSPS) is 13.1. The Morgan fingerprint density at radius 1 is 1.07 bits per heavy atom. The first-order valence-electron chi connectivity index (χ1n) is 11.0. The summed E-state index contributed by atoms with van der Waals surface area (Å²) in [6, 6.07) is 0. The lowest BCUT2D eigenvalue weighted by Crippen LogP contribution is -2.33. The number of carbonyl (C=O) groups excluding carboxylic acids is 1. The molecule has 0 aliphatic rings. The molecule has 0 N–H and O–H groups in total. The van der Waals surface area contributed by atoms with Crippen LogP contribution in [0, 0.1) is 0 Å². The van der Waals surface area contributed by atoms with E-state index in [1.165, 1.54) is 38.5 Å². The molecule has 1 rings (SSSR count). The molecule has 1 atom stereocenters. The molecule has 7 heteroatoms. The smallest absolute Gasteiger partial charge is 0.318 e. The second-order valence-electron chi connectivity index (χ2n) is 8.12. The molecule has 0 amide bonds. The van der Waals surface area contributed by atoms with Crippen LogP contribution >= 0.6 is 19.7 Å². The van der Waals surface area contributed by atoms with Gasteiger partial charge >= 0.3 is 5.97 Å². The molecule has 0 bridgehead atoms. The average molecular weight is 446 g/mol. The minimum absolute atomic E-state index is 0.266.